The summed E-state index contributed by atoms with van der Waals surface area (Å²) in [5.74, 6) is -1.33. The lowest BCUT2D eigenvalue weighted by molar-refractivity contribution is -0.117. The Hall–Kier alpha value is -1.18. The minimum atomic E-state index is -3.63. The number of carbonyl (C=O) groups is 1. The molecule has 8 heteroatoms. The summed E-state index contributed by atoms with van der Waals surface area (Å²) in [6, 6.07) is 2.63. The number of sulfonamides is 1. The molecule has 110 valence electrons. The molecular formula is C12H14ClFN2O3S. The predicted octanol–water partition coefficient (Wildman–Crippen LogP) is 1.43. The average molecular weight is 321 g/mol. The molecule has 20 heavy (non-hydrogen) atoms. The van der Waals surface area contributed by atoms with Gasteiger partial charge in [0, 0.05) is 18.9 Å². The number of carbonyl (C=O) groups excluding carboxylic acids is 1. The largest absolute Gasteiger partial charge is 0.311 e. The fourth-order valence-corrected chi connectivity index (χ4v) is 3.44. The van der Waals surface area contributed by atoms with Crippen LogP contribution in [0.15, 0.2) is 12.1 Å². The van der Waals surface area contributed by atoms with E-state index in [9.17, 15) is 17.6 Å². The Morgan fingerprint density at radius 3 is 2.75 bits per heavy atom. The Bertz CT molecular complexity index is 663. The van der Waals surface area contributed by atoms with Crippen molar-refractivity contribution in [3.8, 4) is 0 Å². The zero-order chi connectivity index (χ0) is 15.1. The van der Waals surface area contributed by atoms with E-state index in [1.54, 1.807) is 6.92 Å². The van der Waals surface area contributed by atoms with Gasteiger partial charge in [0.1, 0.15) is 5.82 Å². The summed E-state index contributed by atoms with van der Waals surface area (Å²) < 4.78 is 35.5. The van der Waals surface area contributed by atoms with Gasteiger partial charge >= 0.3 is 0 Å². The van der Waals surface area contributed by atoms with Gasteiger partial charge in [-0.2, -0.15) is 0 Å². The number of anilines is 1. The number of benzene rings is 1. The number of rotatable bonds is 3. The molecule has 1 saturated heterocycles. The highest BCUT2D eigenvalue weighted by atomic mass is 35.5. The molecule has 1 amide bonds. The minimum Gasteiger partial charge on any atom is -0.311 e. The molecule has 0 aromatic heterocycles. The Balaban J connectivity index is 2.26. The maximum atomic E-state index is 13.4. The van der Waals surface area contributed by atoms with Crippen molar-refractivity contribution in [3.05, 3.63) is 28.5 Å². The number of halogens is 2. The number of aryl methyl sites for hydroxylation is 1. The summed E-state index contributed by atoms with van der Waals surface area (Å²) in [5, 5.41) is 5.11. The molecule has 1 heterocycles. The van der Waals surface area contributed by atoms with Crippen LogP contribution in [-0.4, -0.2) is 26.6 Å². The molecule has 1 unspecified atom stereocenters. The van der Waals surface area contributed by atoms with Crippen molar-refractivity contribution >= 4 is 33.2 Å². The van der Waals surface area contributed by atoms with E-state index in [1.165, 1.54) is 11.0 Å². The summed E-state index contributed by atoms with van der Waals surface area (Å²) in [5.41, 5.74) is 0.764. The van der Waals surface area contributed by atoms with E-state index >= 15 is 0 Å². The standard InChI is InChI=1S/C12H14ClFN2O3S/c1-7-2-11(9(13)4-10(7)14)16-5-8(3-12(16)17)6-20(15,18)19/h2,4,8H,3,5-6H2,1H3,(H2,15,18,19). The summed E-state index contributed by atoms with van der Waals surface area (Å²) in [6.07, 6.45) is 0.0865. The first kappa shape index (κ1) is 15.2. The van der Waals surface area contributed by atoms with E-state index in [0.29, 0.717) is 11.3 Å². The second kappa shape index (κ2) is 5.31. The van der Waals surface area contributed by atoms with Crippen molar-refractivity contribution in [3.63, 3.8) is 0 Å². The van der Waals surface area contributed by atoms with Gasteiger partial charge in [0.05, 0.1) is 16.5 Å². The molecule has 1 fully saturated rings. The molecule has 2 N–H and O–H groups in total. The number of nitrogens with zero attached hydrogens (tertiary/aromatic N) is 1. The van der Waals surface area contributed by atoms with E-state index < -0.39 is 15.8 Å². The van der Waals surface area contributed by atoms with Gasteiger partial charge in [0.2, 0.25) is 15.9 Å². The molecule has 0 radical (unpaired) electrons. The molecular weight excluding hydrogens is 307 g/mol. The summed E-state index contributed by atoms with van der Waals surface area (Å²) in [7, 11) is -3.63. The van der Waals surface area contributed by atoms with Crippen molar-refractivity contribution in [2.75, 3.05) is 17.2 Å². The van der Waals surface area contributed by atoms with E-state index in [2.05, 4.69) is 0 Å². The molecule has 2 rings (SSSR count). The second-order valence-corrected chi connectivity index (χ2v) is 7.02. The lowest BCUT2D eigenvalue weighted by atomic mass is 10.1. The Kier molecular flexibility index (Phi) is 4.04. The van der Waals surface area contributed by atoms with Gasteiger partial charge < -0.3 is 4.90 Å². The zero-order valence-corrected chi connectivity index (χ0v) is 12.3. The van der Waals surface area contributed by atoms with Crippen molar-refractivity contribution in [2.24, 2.45) is 11.1 Å². The van der Waals surface area contributed by atoms with E-state index in [1.807, 2.05) is 0 Å². The number of nitrogens with two attached hydrogens (primary N) is 1. The van der Waals surface area contributed by atoms with E-state index in [-0.39, 0.29) is 35.6 Å². The fraction of sp³-hybridized carbons (Fsp3) is 0.417. The molecule has 1 aromatic carbocycles. The van der Waals surface area contributed by atoms with Crippen LogP contribution >= 0.6 is 11.6 Å². The Morgan fingerprint density at radius 2 is 2.15 bits per heavy atom. The van der Waals surface area contributed by atoms with Crippen molar-refractivity contribution in [1.82, 2.24) is 0 Å². The van der Waals surface area contributed by atoms with Crippen LogP contribution in [0.3, 0.4) is 0 Å². The highest BCUT2D eigenvalue weighted by Crippen LogP contribution is 2.33. The highest BCUT2D eigenvalue weighted by molar-refractivity contribution is 7.89. The van der Waals surface area contributed by atoms with Crippen LogP contribution < -0.4 is 10.0 Å². The smallest absolute Gasteiger partial charge is 0.227 e. The second-order valence-electron chi connectivity index (χ2n) is 4.96. The maximum Gasteiger partial charge on any atom is 0.227 e. The first-order valence-electron chi connectivity index (χ1n) is 5.94. The van der Waals surface area contributed by atoms with Crippen molar-refractivity contribution < 1.29 is 17.6 Å². The van der Waals surface area contributed by atoms with Crippen LogP contribution in [0.25, 0.3) is 0 Å². The normalized spacial score (nSPS) is 19.7. The molecule has 1 aliphatic rings. The van der Waals surface area contributed by atoms with Crippen LogP contribution in [0.5, 0.6) is 0 Å². The zero-order valence-electron chi connectivity index (χ0n) is 10.8. The third-order valence-electron chi connectivity index (χ3n) is 3.19. The maximum absolute atomic E-state index is 13.4. The van der Waals surface area contributed by atoms with Gasteiger partial charge in [-0.15, -0.1) is 0 Å². The molecule has 5 nitrogen and oxygen atoms in total. The van der Waals surface area contributed by atoms with Crippen LogP contribution in [0.4, 0.5) is 10.1 Å². The monoisotopic (exact) mass is 320 g/mol. The summed E-state index contributed by atoms with van der Waals surface area (Å²) >= 11 is 5.95. The summed E-state index contributed by atoms with van der Waals surface area (Å²) in [4.78, 5) is 13.3. The lowest BCUT2D eigenvalue weighted by Crippen LogP contribution is -2.27. The average Bonchev–Trinajstić information content (AvgIpc) is 2.62. The van der Waals surface area contributed by atoms with E-state index in [0.717, 1.165) is 6.07 Å². The topological polar surface area (TPSA) is 80.5 Å². The molecule has 0 aliphatic carbocycles. The number of hydrogen-bond donors (Lipinski definition) is 1. The van der Waals surface area contributed by atoms with Crippen LogP contribution in [0.2, 0.25) is 5.02 Å². The highest BCUT2D eigenvalue weighted by Gasteiger charge is 2.33. The van der Waals surface area contributed by atoms with Crippen LogP contribution in [-0.2, 0) is 14.8 Å². The summed E-state index contributed by atoms with van der Waals surface area (Å²) in [6.45, 7) is 1.78. The molecule has 1 aromatic rings. The van der Waals surface area contributed by atoms with Crippen LogP contribution in [0, 0.1) is 18.7 Å². The fourth-order valence-electron chi connectivity index (χ4n) is 2.30. The van der Waals surface area contributed by atoms with Gasteiger partial charge in [-0.05, 0) is 24.6 Å². The third-order valence-corrected chi connectivity index (χ3v) is 4.43. The SMILES string of the molecule is Cc1cc(N2CC(CS(N)(=O)=O)CC2=O)c(Cl)cc1F. The Labute approximate surface area is 121 Å². The minimum absolute atomic E-state index is 0.0865. The molecule has 0 bridgehead atoms. The first-order valence-corrected chi connectivity index (χ1v) is 8.03. The van der Waals surface area contributed by atoms with Crippen LogP contribution in [0.1, 0.15) is 12.0 Å². The van der Waals surface area contributed by atoms with Gasteiger partial charge in [-0.1, -0.05) is 11.6 Å². The van der Waals surface area contributed by atoms with Gasteiger partial charge in [-0.25, -0.2) is 17.9 Å². The molecule has 1 aliphatic heterocycles. The van der Waals surface area contributed by atoms with Gasteiger partial charge in [0.25, 0.3) is 0 Å². The number of hydrogen-bond acceptors (Lipinski definition) is 3. The Morgan fingerprint density at radius 1 is 1.50 bits per heavy atom. The van der Waals surface area contributed by atoms with Gasteiger partial charge in [0.15, 0.2) is 0 Å². The van der Waals surface area contributed by atoms with Crippen molar-refractivity contribution in [1.29, 1.82) is 0 Å². The van der Waals surface area contributed by atoms with Crippen molar-refractivity contribution in [2.45, 2.75) is 13.3 Å². The number of primary sulfonamides is 1. The predicted molar refractivity (Wildman–Crippen MR) is 74.6 cm³/mol. The number of amides is 1. The lowest BCUT2D eigenvalue weighted by Gasteiger charge is -2.19. The molecule has 0 saturated carbocycles. The third kappa shape index (κ3) is 3.28. The molecule has 0 spiro atoms. The first-order chi connectivity index (χ1) is 9.17. The van der Waals surface area contributed by atoms with E-state index in [4.69, 9.17) is 16.7 Å². The molecule has 1 atom stereocenters. The van der Waals surface area contributed by atoms with Gasteiger partial charge in [-0.3, -0.25) is 4.79 Å². The quantitative estimate of drug-likeness (QED) is 0.914.